The maximum atomic E-state index is 3.46. The molecule has 2 rings (SSSR count). The molecule has 0 saturated heterocycles. The van der Waals surface area contributed by atoms with Gasteiger partial charge in [-0.3, -0.25) is 0 Å². The maximum Gasteiger partial charge on any atom is 0.0377 e. The van der Waals surface area contributed by atoms with Crippen molar-refractivity contribution in [2.45, 2.75) is 30.7 Å². The van der Waals surface area contributed by atoms with Crippen LogP contribution in [-0.4, -0.2) is 13.3 Å². The first-order valence-electron chi connectivity index (χ1n) is 6.66. The Labute approximate surface area is 124 Å². The van der Waals surface area contributed by atoms with Crippen molar-refractivity contribution in [3.05, 3.63) is 51.7 Å². The van der Waals surface area contributed by atoms with Crippen LogP contribution in [0.3, 0.4) is 0 Å². The smallest absolute Gasteiger partial charge is 0.0377 e. The van der Waals surface area contributed by atoms with Crippen molar-refractivity contribution < 1.29 is 0 Å². The third-order valence-corrected chi connectivity index (χ3v) is 5.40. The molecule has 0 aliphatic rings. The van der Waals surface area contributed by atoms with Gasteiger partial charge in [-0.15, -0.1) is 23.1 Å². The Morgan fingerprint density at radius 2 is 1.89 bits per heavy atom. The minimum absolute atomic E-state index is 0.395. The standard InChI is InChI=1S/C16H21NS2/c1-4-12-9-10-13(19-12)11-15(17-2)14-7-5-6-8-16(14)18-3/h5-10,15,17H,4,11H2,1-3H3. The van der Waals surface area contributed by atoms with Crippen LogP contribution in [0, 0.1) is 0 Å². The molecule has 2 aromatic rings. The molecule has 1 N–H and O–H groups in total. The van der Waals surface area contributed by atoms with Gasteiger partial charge in [0.05, 0.1) is 0 Å². The molecule has 1 nitrogen and oxygen atoms in total. The van der Waals surface area contributed by atoms with E-state index in [9.17, 15) is 0 Å². The molecule has 1 heterocycles. The van der Waals surface area contributed by atoms with Crippen molar-refractivity contribution in [2.24, 2.45) is 0 Å². The molecule has 1 aromatic carbocycles. The predicted molar refractivity (Wildman–Crippen MR) is 87.4 cm³/mol. The molecule has 1 aromatic heterocycles. The van der Waals surface area contributed by atoms with Crippen LogP contribution in [0.15, 0.2) is 41.3 Å². The molecular formula is C16H21NS2. The molecule has 3 heteroatoms. The van der Waals surface area contributed by atoms with E-state index in [4.69, 9.17) is 0 Å². The first kappa shape index (κ1) is 14.6. The zero-order valence-corrected chi connectivity index (χ0v) is 13.4. The van der Waals surface area contributed by atoms with Gasteiger partial charge in [-0.05, 0) is 43.5 Å². The Kier molecular flexibility index (Phi) is 5.49. The summed E-state index contributed by atoms with van der Waals surface area (Å²) in [4.78, 5) is 4.31. The van der Waals surface area contributed by atoms with E-state index in [-0.39, 0.29) is 0 Å². The minimum Gasteiger partial charge on any atom is -0.313 e. The van der Waals surface area contributed by atoms with E-state index >= 15 is 0 Å². The topological polar surface area (TPSA) is 12.0 Å². The summed E-state index contributed by atoms with van der Waals surface area (Å²) in [6.07, 6.45) is 4.35. The van der Waals surface area contributed by atoms with Crippen molar-refractivity contribution in [1.29, 1.82) is 0 Å². The molecule has 19 heavy (non-hydrogen) atoms. The molecule has 0 aliphatic carbocycles. The van der Waals surface area contributed by atoms with Crippen molar-refractivity contribution in [2.75, 3.05) is 13.3 Å². The van der Waals surface area contributed by atoms with Gasteiger partial charge in [-0.1, -0.05) is 25.1 Å². The lowest BCUT2D eigenvalue weighted by Crippen LogP contribution is -2.19. The van der Waals surface area contributed by atoms with Gasteiger partial charge in [-0.2, -0.15) is 0 Å². The van der Waals surface area contributed by atoms with Crippen LogP contribution in [0.1, 0.15) is 28.3 Å². The average Bonchev–Trinajstić information content (AvgIpc) is 2.92. The lowest BCUT2D eigenvalue weighted by Gasteiger charge is -2.18. The van der Waals surface area contributed by atoms with Crippen LogP contribution in [0.4, 0.5) is 0 Å². The fourth-order valence-corrected chi connectivity index (χ4v) is 3.91. The van der Waals surface area contributed by atoms with Crippen molar-refractivity contribution >= 4 is 23.1 Å². The Morgan fingerprint density at radius 1 is 1.16 bits per heavy atom. The van der Waals surface area contributed by atoms with Gasteiger partial charge in [0.2, 0.25) is 0 Å². The lowest BCUT2D eigenvalue weighted by atomic mass is 10.0. The normalized spacial score (nSPS) is 12.6. The van der Waals surface area contributed by atoms with Gasteiger partial charge in [-0.25, -0.2) is 0 Å². The van der Waals surface area contributed by atoms with E-state index < -0.39 is 0 Å². The summed E-state index contributed by atoms with van der Waals surface area (Å²) in [7, 11) is 2.05. The summed E-state index contributed by atoms with van der Waals surface area (Å²) in [6.45, 7) is 2.22. The zero-order valence-electron chi connectivity index (χ0n) is 11.8. The minimum atomic E-state index is 0.395. The van der Waals surface area contributed by atoms with Crippen LogP contribution in [-0.2, 0) is 12.8 Å². The number of thioether (sulfide) groups is 1. The lowest BCUT2D eigenvalue weighted by molar-refractivity contribution is 0.587. The Morgan fingerprint density at radius 3 is 2.53 bits per heavy atom. The summed E-state index contributed by atoms with van der Waals surface area (Å²) < 4.78 is 0. The second-order valence-electron chi connectivity index (χ2n) is 4.51. The summed E-state index contributed by atoms with van der Waals surface area (Å²) in [5.41, 5.74) is 1.41. The molecule has 0 bridgehead atoms. The first-order valence-corrected chi connectivity index (χ1v) is 8.70. The molecule has 0 amide bonds. The molecule has 102 valence electrons. The SMILES string of the molecule is CCc1ccc(CC(NC)c2ccccc2SC)s1. The van der Waals surface area contributed by atoms with E-state index in [0.717, 1.165) is 12.8 Å². The van der Waals surface area contributed by atoms with E-state index in [1.54, 1.807) is 0 Å². The van der Waals surface area contributed by atoms with Gasteiger partial charge >= 0.3 is 0 Å². The van der Waals surface area contributed by atoms with E-state index in [1.165, 1.54) is 20.2 Å². The van der Waals surface area contributed by atoms with Gasteiger partial charge in [0.15, 0.2) is 0 Å². The Hall–Kier alpha value is -0.770. The average molecular weight is 291 g/mol. The van der Waals surface area contributed by atoms with Crippen molar-refractivity contribution in [1.82, 2.24) is 5.32 Å². The fraction of sp³-hybridized carbons (Fsp3) is 0.375. The highest BCUT2D eigenvalue weighted by Crippen LogP contribution is 2.29. The predicted octanol–water partition coefficient (Wildman–Crippen LogP) is 4.54. The highest BCUT2D eigenvalue weighted by molar-refractivity contribution is 7.98. The highest BCUT2D eigenvalue weighted by atomic mass is 32.2. The second kappa shape index (κ2) is 7.13. The van der Waals surface area contributed by atoms with Crippen molar-refractivity contribution in [3.8, 4) is 0 Å². The number of likely N-dealkylation sites (N-methyl/N-ethyl adjacent to an activating group) is 1. The van der Waals surface area contributed by atoms with E-state index in [1.807, 2.05) is 23.1 Å². The molecule has 0 spiro atoms. The number of hydrogen-bond donors (Lipinski definition) is 1. The van der Waals surface area contributed by atoms with Crippen LogP contribution in [0.25, 0.3) is 0 Å². The Bertz CT molecular complexity index is 519. The fourth-order valence-electron chi connectivity index (χ4n) is 2.25. The molecule has 0 saturated carbocycles. The third kappa shape index (κ3) is 3.62. The number of nitrogens with one attached hydrogen (secondary N) is 1. The number of thiophene rings is 1. The summed E-state index contributed by atoms with van der Waals surface area (Å²) in [5.74, 6) is 0. The summed E-state index contributed by atoms with van der Waals surface area (Å²) in [5, 5.41) is 3.46. The largest absolute Gasteiger partial charge is 0.313 e. The number of hydrogen-bond acceptors (Lipinski definition) is 3. The molecule has 1 unspecified atom stereocenters. The van der Waals surface area contributed by atoms with Gasteiger partial charge < -0.3 is 5.32 Å². The molecule has 0 fully saturated rings. The van der Waals surface area contributed by atoms with Gasteiger partial charge in [0.25, 0.3) is 0 Å². The summed E-state index contributed by atoms with van der Waals surface area (Å²) >= 11 is 3.76. The second-order valence-corrected chi connectivity index (χ2v) is 6.61. The van der Waals surface area contributed by atoms with Crippen LogP contribution < -0.4 is 5.32 Å². The van der Waals surface area contributed by atoms with E-state index in [0.29, 0.717) is 6.04 Å². The quantitative estimate of drug-likeness (QED) is 0.784. The maximum absolute atomic E-state index is 3.46. The van der Waals surface area contributed by atoms with Gasteiger partial charge in [0.1, 0.15) is 0 Å². The van der Waals surface area contributed by atoms with E-state index in [2.05, 4.69) is 61.9 Å². The third-order valence-electron chi connectivity index (χ3n) is 3.33. The summed E-state index contributed by atoms with van der Waals surface area (Å²) in [6, 6.07) is 13.6. The van der Waals surface area contributed by atoms with Gasteiger partial charge in [0, 0.05) is 27.1 Å². The first-order chi connectivity index (χ1) is 9.28. The number of aryl methyl sites for hydroxylation is 1. The van der Waals surface area contributed by atoms with Crippen LogP contribution in [0.5, 0.6) is 0 Å². The van der Waals surface area contributed by atoms with Crippen LogP contribution >= 0.6 is 23.1 Å². The highest BCUT2D eigenvalue weighted by Gasteiger charge is 2.14. The Balaban J connectivity index is 2.19. The molecule has 0 aliphatic heterocycles. The van der Waals surface area contributed by atoms with Crippen molar-refractivity contribution in [3.63, 3.8) is 0 Å². The molecular weight excluding hydrogens is 270 g/mol. The zero-order chi connectivity index (χ0) is 13.7. The number of rotatable bonds is 6. The number of benzene rings is 1. The molecule has 0 radical (unpaired) electrons. The monoisotopic (exact) mass is 291 g/mol. The molecule has 1 atom stereocenters. The van der Waals surface area contributed by atoms with Crippen LogP contribution in [0.2, 0.25) is 0 Å².